The smallest absolute Gasteiger partial charge is 0.175 e. The van der Waals surface area contributed by atoms with Gasteiger partial charge in [-0.25, -0.2) is 13.1 Å². The molecule has 2 aromatic heterocycles. The molecule has 33 heavy (non-hydrogen) atoms. The molecule has 0 radical (unpaired) electrons. The fourth-order valence-electron chi connectivity index (χ4n) is 4.64. The molecule has 1 saturated heterocycles. The molecule has 3 heterocycles. The van der Waals surface area contributed by atoms with Crippen molar-refractivity contribution in [1.29, 1.82) is 0 Å². The maximum absolute atomic E-state index is 11.8. The third-order valence-electron chi connectivity index (χ3n) is 6.44. The highest BCUT2D eigenvalue weighted by Gasteiger charge is 2.16. The first kappa shape index (κ1) is 21.9. The number of hydrogen-bond donors (Lipinski definition) is 0. The van der Waals surface area contributed by atoms with Gasteiger partial charge in [-0.3, -0.25) is 4.68 Å². The molecule has 1 aliphatic heterocycles. The van der Waals surface area contributed by atoms with Gasteiger partial charge in [-0.2, -0.15) is 10.2 Å². The zero-order valence-corrected chi connectivity index (χ0v) is 19.9. The molecule has 0 amide bonds. The Morgan fingerprint density at radius 1 is 0.970 bits per heavy atom. The predicted octanol–water partition coefficient (Wildman–Crippen LogP) is 3.95. The summed E-state index contributed by atoms with van der Waals surface area (Å²) in [6.45, 7) is 6.42. The summed E-state index contributed by atoms with van der Waals surface area (Å²) in [5.74, 6) is 0. The fourth-order valence-corrected chi connectivity index (χ4v) is 5.27. The van der Waals surface area contributed by atoms with Gasteiger partial charge in [-0.05, 0) is 68.8 Å². The van der Waals surface area contributed by atoms with E-state index in [0.29, 0.717) is 4.90 Å². The van der Waals surface area contributed by atoms with Gasteiger partial charge in [0.25, 0.3) is 0 Å². The maximum Gasteiger partial charge on any atom is 0.175 e. The molecule has 7 nitrogen and oxygen atoms in total. The molecule has 0 atom stereocenters. The molecule has 0 N–H and O–H groups in total. The minimum absolute atomic E-state index is 0.301. The molecule has 8 heteroatoms. The van der Waals surface area contributed by atoms with Gasteiger partial charge in [-0.1, -0.05) is 19.1 Å². The number of fused-ring (bicyclic) bond motifs is 1. The molecular formula is C25H29N5O2S. The highest BCUT2D eigenvalue weighted by molar-refractivity contribution is 7.90. The fraction of sp³-hybridized carbons (Fsp3) is 0.360. The summed E-state index contributed by atoms with van der Waals surface area (Å²) in [5.41, 5.74) is 5.09. The van der Waals surface area contributed by atoms with Crippen LogP contribution in [0.15, 0.2) is 59.6 Å². The van der Waals surface area contributed by atoms with Gasteiger partial charge in [0.1, 0.15) is 0 Å². The summed E-state index contributed by atoms with van der Waals surface area (Å²) in [4.78, 5) is 2.81. The lowest BCUT2D eigenvalue weighted by Crippen LogP contribution is -2.24. The van der Waals surface area contributed by atoms with Crippen LogP contribution in [0.2, 0.25) is 0 Å². The number of aryl methyl sites for hydroxylation is 1. The van der Waals surface area contributed by atoms with Crippen molar-refractivity contribution in [2.75, 3.05) is 25.9 Å². The molecule has 4 aromatic rings. The number of rotatable bonds is 7. The number of benzene rings is 2. The molecule has 2 aromatic carbocycles. The lowest BCUT2D eigenvalue weighted by Gasteiger charge is -2.15. The molecule has 0 unspecified atom stereocenters. The molecule has 1 fully saturated rings. The summed E-state index contributed by atoms with van der Waals surface area (Å²) in [6, 6.07) is 15.3. The van der Waals surface area contributed by atoms with Crippen LogP contribution in [0.25, 0.3) is 27.8 Å². The lowest BCUT2D eigenvalue weighted by atomic mass is 10.1. The van der Waals surface area contributed by atoms with E-state index in [1.807, 2.05) is 10.7 Å². The number of sulfone groups is 1. The van der Waals surface area contributed by atoms with Crippen molar-refractivity contribution < 1.29 is 8.42 Å². The van der Waals surface area contributed by atoms with E-state index in [9.17, 15) is 8.42 Å². The summed E-state index contributed by atoms with van der Waals surface area (Å²) < 4.78 is 27.6. The van der Waals surface area contributed by atoms with Crippen molar-refractivity contribution in [3.05, 3.63) is 60.4 Å². The van der Waals surface area contributed by atoms with Gasteiger partial charge in [0, 0.05) is 23.8 Å². The average Bonchev–Trinajstić information content (AvgIpc) is 3.56. The molecule has 172 valence electrons. The largest absolute Gasteiger partial charge is 0.301 e. The van der Waals surface area contributed by atoms with Gasteiger partial charge in [0.15, 0.2) is 9.84 Å². The van der Waals surface area contributed by atoms with Gasteiger partial charge in [0.2, 0.25) is 0 Å². The Morgan fingerprint density at radius 3 is 2.42 bits per heavy atom. The van der Waals surface area contributed by atoms with Crippen LogP contribution in [-0.2, 0) is 22.8 Å². The quantitative estimate of drug-likeness (QED) is 0.415. The van der Waals surface area contributed by atoms with Crippen LogP contribution in [0.5, 0.6) is 0 Å². The summed E-state index contributed by atoms with van der Waals surface area (Å²) in [7, 11) is -3.23. The monoisotopic (exact) mass is 463 g/mol. The van der Waals surface area contributed by atoms with Gasteiger partial charge >= 0.3 is 0 Å². The van der Waals surface area contributed by atoms with Crippen LogP contribution in [0.1, 0.15) is 25.5 Å². The lowest BCUT2D eigenvalue weighted by molar-refractivity contribution is 0.317. The standard InChI is InChI=1S/C25H29N5O2S/c1-3-23-22-11-6-19(18-25(22)29(27-23)17-16-28-14-4-5-15-28)24-12-13-26-30(24)20-7-9-21(10-8-20)33(2,31)32/h6-13,18H,3-5,14-17H2,1-2H3. The van der Waals surface area contributed by atoms with Crippen LogP contribution in [0, 0.1) is 0 Å². The van der Waals surface area contributed by atoms with E-state index >= 15 is 0 Å². The molecule has 1 aliphatic rings. The normalized spacial score (nSPS) is 15.0. The third-order valence-corrected chi connectivity index (χ3v) is 7.57. The van der Waals surface area contributed by atoms with Crippen molar-refractivity contribution in [3.63, 3.8) is 0 Å². The average molecular weight is 464 g/mol. The number of hydrogen-bond acceptors (Lipinski definition) is 5. The van der Waals surface area contributed by atoms with Crippen molar-refractivity contribution in [2.45, 2.75) is 37.6 Å². The molecule has 0 bridgehead atoms. The zero-order chi connectivity index (χ0) is 23.0. The zero-order valence-electron chi connectivity index (χ0n) is 19.1. The van der Waals surface area contributed by atoms with Crippen molar-refractivity contribution in [2.24, 2.45) is 0 Å². The van der Waals surface area contributed by atoms with E-state index < -0.39 is 9.84 Å². The summed E-state index contributed by atoms with van der Waals surface area (Å²) in [6.07, 6.45) is 6.47. The Labute approximate surface area is 194 Å². The predicted molar refractivity (Wildman–Crippen MR) is 130 cm³/mol. The highest BCUT2D eigenvalue weighted by Crippen LogP contribution is 2.28. The molecule has 0 spiro atoms. The molecule has 0 saturated carbocycles. The first-order valence-electron chi connectivity index (χ1n) is 11.5. The van der Waals surface area contributed by atoms with Gasteiger partial charge in [0.05, 0.1) is 40.2 Å². The van der Waals surface area contributed by atoms with E-state index in [4.69, 9.17) is 5.10 Å². The second-order valence-electron chi connectivity index (χ2n) is 8.70. The summed E-state index contributed by atoms with van der Waals surface area (Å²) >= 11 is 0. The van der Waals surface area contributed by atoms with Crippen LogP contribution >= 0.6 is 0 Å². The number of aromatic nitrogens is 4. The minimum Gasteiger partial charge on any atom is -0.301 e. The van der Waals surface area contributed by atoms with E-state index in [-0.39, 0.29) is 0 Å². The van der Waals surface area contributed by atoms with E-state index in [2.05, 4.69) is 39.8 Å². The van der Waals surface area contributed by atoms with Crippen molar-refractivity contribution in [1.82, 2.24) is 24.5 Å². The number of nitrogens with zero attached hydrogens (tertiary/aromatic N) is 5. The second-order valence-corrected chi connectivity index (χ2v) is 10.7. The number of likely N-dealkylation sites (tertiary alicyclic amines) is 1. The van der Waals surface area contributed by atoms with Crippen LogP contribution in [0.3, 0.4) is 0 Å². The van der Waals surface area contributed by atoms with E-state index in [1.54, 1.807) is 30.5 Å². The maximum atomic E-state index is 11.8. The minimum atomic E-state index is -3.23. The molecular weight excluding hydrogens is 434 g/mol. The highest BCUT2D eigenvalue weighted by atomic mass is 32.2. The van der Waals surface area contributed by atoms with Crippen LogP contribution < -0.4 is 0 Å². The van der Waals surface area contributed by atoms with Crippen LogP contribution in [-0.4, -0.2) is 58.8 Å². The molecule has 0 aliphatic carbocycles. The second kappa shape index (κ2) is 8.76. The first-order valence-corrected chi connectivity index (χ1v) is 13.4. The Balaban J connectivity index is 1.50. The Kier molecular flexibility index (Phi) is 5.80. The first-order chi connectivity index (χ1) is 15.9. The topological polar surface area (TPSA) is 73.0 Å². The van der Waals surface area contributed by atoms with E-state index in [0.717, 1.165) is 47.7 Å². The Hall–Kier alpha value is -2.97. The SMILES string of the molecule is CCc1nn(CCN2CCCC2)c2cc(-c3ccnn3-c3ccc(S(C)(=O)=O)cc3)ccc12. The molecule has 5 rings (SSSR count). The van der Waals surface area contributed by atoms with E-state index in [1.165, 1.54) is 37.6 Å². The van der Waals surface area contributed by atoms with Crippen molar-refractivity contribution in [3.8, 4) is 16.9 Å². The van der Waals surface area contributed by atoms with Crippen molar-refractivity contribution >= 4 is 20.7 Å². The third kappa shape index (κ3) is 4.32. The van der Waals surface area contributed by atoms with Gasteiger partial charge in [-0.15, -0.1) is 0 Å². The Bertz CT molecular complexity index is 1380. The van der Waals surface area contributed by atoms with Crippen LogP contribution in [0.4, 0.5) is 0 Å². The Morgan fingerprint density at radius 2 is 1.73 bits per heavy atom. The summed E-state index contributed by atoms with van der Waals surface area (Å²) in [5, 5.41) is 10.6. The van der Waals surface area contributed by atoms with Gasteiger partial charge < -0.3 is 4.90 Å².